The Morgan fingerprint density at radius 2 is 0.846 bits per heavy atom. The molecule has 65 heavy (non-hydrogen) atoms. The number of oxazole rings is 2. The molecule has 0 atom stereocenters. The monoisotopic (exact) mass is 834 g/mol. The van der Waals surface area contributed by atoms with Crippen molar-refractivity contribution < 1.29 is 8.83 Å². The van der Waals surface area contributed by atoms with Gasteiger partial charge in [0, 0.05) is 44.3 Å². The number of para-hydroxylation sites is 6. The van der Waals surface area contributed by atoms with Gasteiger partial charge < -0.3 is 13.4 Å². The van der Waals surface area contributed by atoms with Crippen LogP contribution in [0.2, 0.25) is 0 Å². The van der Waals surface area contributed by atoms with E-state index in [1.807, 2.05) is 97.1 Å². The van der Waals surface area contributed by atoms with Crippen LogP contribution in [-0.4, -0.2) is 29.5 Å². The van der Waals surface area contributed by atoms with Gasteiger partial charge in [0.25, 0.3) is 0 Å². The average molecular weight is 835 g/mol. The van der Waals surface area contributed by atoms with Crippen LogP contribution < -0.4 is 0 Å². The Bertz CT molecular complexity index is 3740. The van der Waals surface area contributed by atoms with E-state index in [-0.39, 0.29) is 0 Å². The Morgan fingerprint density at radius 3 is 1.49 bits per heavy atom. The summed E-state index contributed by atoms with van der Waals surface area (Å²) in [5, 5.41) is 4.66. The highest BCUT2D eigenvalue weighted by atomic mass is 16.4. The molecule has 0 aliphatic carbocycles. The van der Waals surface area contributed by atoms with E-state index in [9.17, 15) is 0 Å². The summed E-state index contributed by atoms with van der Waals surface area (Å²) in [4.78, 5) is 24.7. The van der Waals surface area contributed by atoms with Crippen LogP contribution >= 0.6 is 0 Å². The first kappa shape index (κ1) is 36.6. The van der Waals surface area contributed by atoms with Crippen LogP contribution in [0.5, 0.6) is 0 Å². The number of nitrogens with zero attached hydrogens (tertiary/aromatic N) is 6. The van der Waals surface area contributed by atoms with Crippen LogP contribution in [0.4, 0.5) is 0 Å². The van der Waals surface area contributed by atoms with Crippen LogP contribution in [0.25, 0.3) is 129 Å². The minimum Gasteiger partial charge on any atom is -0.436 e. The maximum atomic E-state index is 6.07. The zero-order chi connectivity index (χ0) is 42.8. The zero-order valence-electron chi connectivity index (χ0n) is 34.6. The van der Waals surface area contributed by atoms with Gasteiger partial charge in [0.05, 0.1) is 11.0 Å². The van der Waals surface area contributed by atoms with Gasteiger partial charge in [0.1, 0.15) is 11.0 Å². The Balaban J connectivity index is 0.901. The molecular formula is C57H34N6O2. The fourth-order valence-electron chi connectivity index (χ4n) is 8.95. The molecule has 0 radical (unpaired) electrons. The van der Waals surface area contributed by atoms with Crippen molar-refractivity contribution in [2.45, 2.75) is 0 Å². The van der Waals surface area contributed by atoms with Crippen LogP contribution in [0.15, 0.2) is 215 Å². The summed E-state index contributed by atoms with van der Waals surface area (Å²) in [6.07, 6.45) is 0. The van der Waals surface area contributed by atoms with Crippen LogP contribution in [0.3, 0.4) is 0 Å². The van der Waals surface area contributed by atoms with Gasteiger partial charge in [-0.15, -0.1) is 0 Å². The Hall–Kier alpha value is -9.01. The molecule has 13 aromatic rings. The third-order valence-electron chi connectivity index (χ3n) is 12.1. The minimum absolute atomic E-state index is 0.550. The van der Waals surface area contributed by atoms with E-state index in [2.05, 4.69) is 114 Å². The lowest BCUT2D eigenvalue weighted by Gasteiger charge is -2.12. The standard InChI is InChI=1S/C57H34N6O2/c1-2-12-42(13-3-1)63-49-18-7-4-14-45(49)46-34-40(30-32-50(46)63)43-15-10-11-39-33-41(29-31-44(39)43)55-61-53(35-21-25-37(26-22-35)56-58-47-16-5-8-19-51(47)64-56)60-54(62-55)36-23-27-38(28-24-36)57-59-48-17-6-9-20-52(48)65-57/h1-34H. The van der Waals surface area contributed by atoms with Gasteiger partial charge in [-0.1, -0.05) is 121 Å². The molecule has 4 aromatic heterocycles. The first-order chi connectivity index (χ1) is 32.2. The molecule has 0 saturated heterocycles. The Labute approximate surface area is 371 Å². The molecule has 304 valence electrons. The van der Waals surface area contributed by atoms with Gasteiger partial charge in [-0.25, -0.2) is 24.9 Å². The zero-order valence-corrected chi connectivity index (χ0v) is 34.6. The molecule has 0 unspecified atom stereocenters. The minimum atomic E-state index is 0.550. The predicted octanol–water partition coefficient (Wildman–Crippen LogP) is 14.4. The first-order valence-electron chi connectivity index (χ1n) is 21.5. The smallest absolute Gasteiger partial charge is 0.227 e. The summed E-state index contributed by atoms with van der Waals surface area (Å²) in [5.41, 5.74) is 13.2. The van der Waals surface area contributed by atoms with Crippen molar-refractivity contribution in [3.8, 4) is 73.9 Å². The van der Waals surface area contributed by atoms with Crippen molar-refractivity contribution in [2.75, 3.05) is 0 Å². The van der Waals surface area contributed by atoms with E-state index in [1.54, 1.807) is 0 Å². The maximum Gasteiger partial charge on any atom is 0.227 e. The number of fused-ring (bicyclic) bond motifs is 6. The largest absolute Gasteiger partial charge is 0.436 e. The molecule has 0 saturated carbocycles. The molecule has 0 aliphatic rings. The Morgan fingerprint density at radius 1 is 0.323 bits per heavy atom. The fourth-order valence-corrected chi connectivity index (χ4v) is 8.95. The van der Waals surface area contributed by atoms with Gasteiger partial charge in [-0.05, 0) is 107 Å². The lowest BCUT2D eigenvalue weighted by Crippen LogP contribution is -2.00. The van der Waals surface area contributed by atoms with E-state index in [4.69, 9.17) is 33.8 Å². The van der Waals surface area contributed by atoms with E-state index >= 15 is 0 Å². The second-order valence-electron chi connectivity index (χ2n) is 16.1. The molecule has 0 bridgehead atoms. The van der Waals surface area contributed by atoms with Gasteiger partial charge in [-0.2, -0.15) is 0 Å². The summed E-state index contributed by atoms with van der Waals surface area (Å²) < 4.78 is 14.5. The lowest BCUT2D eigenvalue weighted by molar-refractivity contribution is 0.619. The molecule has 9 aromatic carbocycles. The van der Waals surface area contributed by atoms with E-state index in [0.717, 1.165) is 77.6 Å². The molecule has 0 amide bonds. The molecule has 8 nitrogen and oxygen atoms in total. The van der Waals surface area contributed by atoms with Crippen molar-refractivity contribution >= 4 is 54.8 Å². The molecule has 0 fully saturated rings. The predicted molar refractivity (Wildman–Crippen MR) is 259 cm³/mol. The van der Waals surface area contributed by atoms with Crippen molar-refractivity contribution in [1.82, 2.24) is 29.5 Å². The summed E-state index contributed by atoms with van der Waals surface area (Å²) in [6, 6.07) is 70.5. The van der Waals surface area contributed by atoms with Crippen molar-refractivity contribution in [3.63, 3.8) is 0 Å². The topological polar surface area (TPSA) is 95.7 Å². The average Bonchev–Trinajstić information content (AvgIpc) is 4.11. The lowest BCUT2D eigenvalue weighted by atomic mass is 9.95. The summed E-state index contributed by atoms with van der Waals surface area (Å²) in [7, 11) is 0. The molecule has 0 spiro atoms. The fraction of sp³-hybridized carbons (Fsp3) is 0. The van der Waals surface area contributed by atoms with Crippen molar-refractivity contribution in [3.05, 3.63) is 206 Å². The number of hydrogen-bond donors (Lipinski definition) is 0. The second-order valence-corrected chi connectivity index (χ2v) is 16.1. The van der Waals surface area contributed by atoms with Crippen LogP contribution in [-0.2, 0) is 0 Å². The summed E-state index contributed by atoms with van der Waals surface area (Å²) >= 11 is 0. The molecule has 0 N–H and O–H groups in total. The van der Waals surface area contributed by atoms with E-state index < -0.39 is 0 Å². The highest BCUT2D eigenvalue weighted by Gasteiger charge is 2.18. The van der Waals surface area contributed by atoms with E-state index in [1.165, 1.54) is 21.8 Å². The SMILES string of the molecule is c1ccc(-n2c3ccccc3c3cc(-c4cccc5cc(-c6nc(-c7ccc(-c8nc9ccccc9o8)cc7)nc(-c7ccc(-c8nc9ccccc9o8)cc7)n6)ccc45)ccc32)cc1. The Kier molecular flexibility index (Phi) is 8.35. The maximum absolute atomic E-state index is 6.07. The number of benzene rings is 9. The number of hydrogen-bond acceptors (Lipinski definition) is 7. The first-order valence-corrected chi connectivity index (χ1v) is 21.5. The number of aromatic nitrogens is 6. The summed E-state index contributed by atoms with van der Waals surface area (Å²) in [5.74, 6) is 2.79. The highest BCUT2D eigenvalue weighted by Crippen LogP contribution is 2.38. The normalized spacial score (nSPS) is 11.7. The summed E-state index contributed by atoms with van der Waals surface area (Å²) in [6.45, 7) is 0. The molecule has 0 aliphatic heterocycles. The van der Waals surface area contributed by atoms with Crippen LogP contribution in [0, 0.1) is 0 Å². The molecule has 13 rings (SSSR count). The van der Waals surface area contributed by atoms with E-state index in [0.29, 0.717) is 29.3 Å². The molecular weight excluding hydrogens is 801 g/mol. The third kappa shape index (κ3) is 6.35. The van der Waals surface area contributed by atoms with Gasteiger partial charge in [-0.3, -0.25) is 0 Å². The van der Waals surface area contributed by atoms with Gasteiger partial charge >= 0.3 is 0 Å². The van der Waals surface area contributed by atoms with Crippen molar-refractivity contribution in [1.29, 1.82) is 0 Å². The van der Waals surface area contributed by atoms with Crippen molar-refractivity contribution in [2.24, 2.45) is 0 Å². The van der Waals surface area contributed by atoms with Gasteiger partial charge in [0.2, 0.25) is 11.8 Å². The molecule has 4 heterocycles. The molecule has 8 heteroatoms. The van der Waals surface area contributed by atoms with Crippen LogP contribution in [0.1, 0.15) is 0 Å². The third-order valence-corrected chi connectivity index (χ3v) is 12.1. The number of rotatable bonds is 7. The highest BCUT2D eigenvalue weighted by molar-refractivity contribution is 6.11. The second kappa shape index (κ2) is 14.8. The quantitative estimate of drug-likeness (QED) is 0.158. The van der Waals surface area contributed by atoms with Gasteiger partial charge in [0.15, 0.2) is 28.6 Å².